The van der Waals surface area contributed by atoms with Gasteiger partial charge in [-0.05, 0) is 15.9 Å². The van der Waals surface area contributed by atoms with Crippen molar-refractivity contribution in [3.05, 3.63) is 16.9 Å². The van der Waals surface area contributed by atoms with Crippen molar-refractivity contribution in [1.82, 2.24) is 9.97 Å². The molecule has 1 fully saturated rings. The second-order valence-electron chi connectivity index (χ2n) is 3.33. The Balaban J connectivity index is 1.94. The number of methoxy groups -OCH3 is 1. The number of anilines is 1. The Bertz CT molecular complexity index is 362. The highest BCUT2D eigenvalue weighted by atomic mass is 79.9. The standard InChI is InChI=1S/C9H10BrN3O2/c1-15-8(14)6-4-13(5-6)9-11-2-7(10)3-12-9/h2-3,6H,4-5H2,1H3. The van der Waals surface area contributed by atoms with Gasteiger partial charge in [0.25, 0.3) is 0 Å². The Kier molecular flexibility index (Phi) is 2.86. The molecule has 0 saturated carbocycles. The van der Waals surface area contributed by atoms with E-state index in [-0.39, 0.29) is 11.9 Å². The average molecular weight is 272 g/mol. The molecule has 1 saturated heterocycles. The van der Waals surface area contributed by atoms with Crippen LogP contribution in [0.2, 0.25) is 0 Å². The van der Waals surface area contributed by atoms with Crippen molar-refractivity contribution < 1.29 is 9.53 Å². The van der Waals surface area contributed by atoms with Gasteiger partial charge in [-0.15, -0.1) is 0 Å². The van der Waals surface area contributed by atoms with Gasteiger partial charge in [-0.3, -0.25) is 4.79 Å². The molecule has 1 aliphatic rings. The van der Waals surface area contributed by atoms with Crippen LogP contribution in [0.15, 0.2) is 16.9 Å². The van der Waals surface area contributed by atoms with Crippen LogP contribution in [0.1, 0.15) is 0 Å². The van der Waals surface area contributed by atoms with Gasteiger partial charge in [-0.1, -0.05) is 0 Å². The number of aromatic nitrogens is 2. The van der Waals surface area contributed by atoms with E-state index in [2.05, 4.69) is 30.6 Å². The van der Waals surface area contributed by atoms with Crippen LogP contribution in [0, 0.1) is 5.92 Å². The van der Waals surface area contributed by atoms with Crippen LogP contribution in [0.4, 0.5) is 5.95 Å². The van der Waals surface area contributed by atoms with Gasteiger partial charge in [0.05, 0.1) is 17.5 Å². The van der Waals surface area contributed by atoms with Gasteiger partial charge in [0.15, 0.2) is 0 Å². The third kappa shape index (κ3) is 2.09. The minimum Gasteiger partial charge on any atom is -0.469 e. The molecule has 15 heavy (non-hydrogen) atoms. The molecular formula is C9H10BrN3O2. The van der Waals surface area contributed by atoms with E-state index in [9.17, 15) is 4.79 Å². The molecule has 1 aromatic rings. The highest BCUT2D eigenvalue weighted by Crippen LogP contribution is 2.22. The van der Waals surface area contributed by atoms with E-state index in [1.807, 2.05) is 4.90 Å². The molecule has 5 nitrogen and oxygen atoms in total. The van der Waals surface area contributed by atoms with E-state index in [0.717, 1.165) is 4.47 Å². The van der Waals surface area contributed by atoms with E-state index in [0.29, 0.717) is 19.0 Å². The molecule has 0 atom stereocenters. The van der Waals surface area contributed by atoms with Crippen LogP contribution in [0.5, 0.6) is 0 Å². The molecule has 0 N–H and O–H groups in total. The van der Waals surface area contributed by atoms with Crippen molar-refractivity contribution in [1.29, 1.82) is 0 Å². The summed E-state index contributed by atoms with van der Waals surface area (Å²) >= 11 is 3.26. The van der Waals surface area contributed by atoms with Crippen LogP contribution in [-0.2, 0) is 9.53 Å². The van der Waals surface area contributed by atoms with Crippen molar-refractivity contribution in [2.24, 2.45) is 5.92 Å². The number of hydrogen-bond donors (Lipinski definition) is 0. The third-order valence-corrected chi connectivity index (χ3v) is 2.72. The number of carbonyl (C=O) groups excluding carboxylic acids is 1. The summed E-state index contributed by atoms with van der Waals surface area (Å²) < 4.78 is 5.49. The monoisotopic (exact) mass is 271 g/mol. The minimum absolute atomic E-state index is 0.0396. The minimum atomic E-state index is -0.164. The fourth-order valence-electron chi connectivity index (χ4n) is 1.43. The predicted octanol–water partition coefficient (Wildman–Crippen LogP) is 0.848. The van der Waals surface area contributed by atoms with Crippen molar-refractivity contribution in [2.75, 3.05) is 25.1 Å². The summed E-state index contributed by atoms with van der Waals surface area (Å²) in [5.41, 5.74) is 0. The number of esters is 1. The quantitative estimate of drug-likeness (QED) is 0.747. The summed E-state index contributed by atoms with van der Waals surface area (Å²) in [6.07, 6.45) is 3.38. The van der Waals surface area contributed by atoms with Crippen molar-refractivity contribution >= 4 is 27.8 Å². The SMILES string of the molecule is COC(=O)C1CN(c2ncc(Br)cn2)C1. The maximum Gasteiger partial charge on any atom is 0.312 e. The summed E-state index contributed by atoms with van der Waals surface area (Å²) in [7, 11) is 1.40. The smallest absolute Gasteiger partial charge is 0.312 e. The van der Waals surface area contributed by atoms with Gasteiger partial charge in [0.2, 0.25) is 5.95 Å². The molecule has 0 aromatic carbocycles. The highest BCUT2D eigenvalue weighted by Gasteiger charge is 2.34. The lowest BCUT2D eigenvalue weighted by Gasteiger charge is -2.37. The van der Waals surface area contributed by atoms with Gasteiger partial charge in [-0.2, -0.15) is 0 Å². The summed E-state index contributed by atoms with van der Waals surface area (Å²) in [6, 6.07) is 0. The van der Waals surface area contributed by atoms with E-state index in [4.69, 9.17) is 0 Å². The summed E-state index contributed by atoms with van der Waals surface area (Å²) in [4.78, 5) is 21.3. The Labute approximate surface area is 95.6 Å². The first kappa shape index (κ1) is 10.4. The highest BCUT2D eigenvalue weighted by molar-refractivity contribution is 9.10. The van der Waals surface area contributed by atoms with Crippen LogP contribution in [0.25, 0.3) is 0 Å². The van der Waals surface area contributed by atoms with E-state index < -0.39 is 0 Å². The maximum absolute atomic E-state index is 11.1. The molecule has 1 aromatic heterocycles. The number of nitrogens with zero attached hydrogens (tertiary/aromatic N) is 3. The Morgan fingerprint density at radius 2 is 2.13 bits per heavy atom. The molecule has 1 aliphatic heterocycles. The molecular weight excluding hydrogens is 262 g/mol. The number of rotatable bonds is 2. The van der Waals surface area contributed by atoms with E-state index >= 15 is 0 Å². The topological polar surface area (TPSA) is 55.3 Å². The van der Waals surface area contributed by atoms with Crippen molar-refractivity contribution in [2.45, 2.75) is 0 Å². The number of hydrogen-bond acceptors (Lipinski definition) is 5. The van der Waals surface area contributed by atoms with Gasteiger partial charge in [0, 0.05) is 25.5 Å². The maximum atomic E-state index is 11.1. The summed E-state index contributed by atoms with van der Waals surface area (Å²) in [5.74, 6) is 0.448. The summed E-state index contributed by atoms with van der Waals surface area (Å²) in [5, 5.41) is 0. The fourth-order valence-corrected chi connectivity index (χ4v) is 1.63. The molecule has 0 bridgehead atoms. The normalized spacial score (nSPS) is 16.0. The van der Waals surface area contributed by atoms with Crippen molar-refractivity contribution in [3.63, 3.8) is 0 Å². The summed E-state index contributed by atoms with van der Waals surface area (Å²) in [6.45, 7) is 1.27. The second-order valence-corrected chi connectivity index (χ2v) is 4.24. The number of ether oxygens (including phenoxy) is 1. The van der Waals surface area contributed by atoms with Crippen LogP contribution < -0.4 is 4.90 Å². The van der Waals surface area contributed by atoms with Crippen LogP contribution >= 0.6 is 15.9 Å². The fraction of sp³-hybridized carbons (Fsp3) is 0.444. The predicted molar refractivity (Wildman–Crippen MR) is 57.5 cm³/mol. The molecule has 6 heteroatoms. The van der Waals surface area contributed by atoms with Gasteiger partial charge < -0.3 is 9.64 Å². The molecule has 0 spiro atoms. The van der Waals surface area contributed by atoms with Crippen molar-refractivity contribution in [3.8, 4) is 0 Å². The molecule has 80 valence electrons. The molecule has 2 heterocycles. The van der Waals surface area contributed by atoms with Gasteiger partial charge in [0.1, 0.15) is 0 Å². The van der Waals surface area contributed by atoms with Gasteiger partial charge in [-0.25, -0.2) is 9.97 Å². The Morgan fingerprint density at radius 3 is 2.67 bits per heavy atom. The average Bonchev–Trinajstić information content (AvgIpc) is 2.18. The van der Waals surface area contributed by atoms with E-state index in [1.54, 1.807) is 12.4 Å². The van der Waals surface area contributed by atoms with Gasteiger partial charge >= 0.3 is 5.97 Å². The molecule has 0 aliphatic carbocycles. The Hall–Kier alpha value is -1.17. The lowest BCUT2D eigenvalue weighted by molar-refractivity contribution is -0.146. The van der Waals surface area contributed by atoms with E-state index in [1.165, 1.54) is 7.11 Å². The molecule has 0 amide bonds. The zero-order chi connectivity index (χ0) is 10.8. The Morgan fingerprint density at radius 1 is 1.53 bits per heavy atom. The lowest BCUT2D eigenvalue weighted by atomic mass is 10.0. The second kappa shape index (κ2) is 4.14. The molecule has 0 unspecified atom stereocenters. The number of halogens is 1. The molecule has 0 radical (unpaired) electrons. The number of carbonyl (C=O) groups is 1. The lowest BCUT2D eigenvalue weighted by Crippen LogP contribution is -2.51. The first-order valence-corrected chi connectivity index (χ1v) is 5.30. The zero-order valence-electron chi connectivity index (χ0n) is 8.18. The molecule has 2 rings (SSSR count). The van der Waals surface area contributed by atoms with Crippen LogP contribution in [-0.4, -0.2) is 36.1 Å². The first-order chi connectivity index (χ1) is 7.20. The zero-order valence-corrected chi connectivity index (χ0v) is 9.77. The largest absolute Gasteiger partial charge is 0.469 e. The first-order valence-electron chi connectivity index (χ1n) is 4.51. The third-order valence-electron chi connectivity index (χ3n) is 2.31. The van der Waals surface area contributed by atoms with Crippen LogP contribution in [0.3, 0.4) is 0 Å².